The Kier molecular flexibility index (Phi) is 6.93. The van der Waals surface area contributed by atoms with E-state index >= 15 is 0 Å². The lowest BCUT2D eigenvalue weighted by atomic mass is 9.47. The Labute approximate surface area is 205 Å². The summed E-state index contributed by atoms with van der Waals surface area (Å²) in [4.78, 5) is 11.0. The normalized spacial score (nSPS) is 42.1. The molecule has 0 N–H and O–H groups in total. The molecule has 0 saturated heterocycles. The Morgan fingerprint density at radius 2 is 1.85 bits per heavy atom. The molecule has 0 heterocycles. The minimum atomic E-state index is -1.71. The van der Waals surface area contributed by atoms with Gasteiger partial charge in [-0.2, -0.15) is 0 Å². The summed E-state index contributed by atoms with van der Waals surface area (Å²) in [5, 5.41) is 0.287. The molecule has 4 aliphatic rings. The summed E-state index contributed by atoms with van der Waals surface area (Å²) >= 11 is 0. The second-order valence-electron chi connectivity index (χ2n) is 14.5. The molecule has 8 atom stereocenters. The van der Waals surface area contributed by atoms with Gasteiger partial charge in [-0.15, -0.1) is 0 Å². The van der Waals surface area contributed by atoms with Crippen molar-refractivity contribution in [2.24, 2.45) is 40.4 Å². The van der Waals surface area contributed by atoms with E-state index in [0.29, 0.717) is 22.9 Å². The Morgan fingerprint density at radius 1 is 1.12 bits per heavy atom. The summed E-state index contributed by atoms with van der Waals surface area (Å²) in [7, 11) is -1.71. The van der Waals surface area contributed by atoms with Gasteiger partial charge in [0.1, 0.15) is 6.29 Å². The van der Waals surface area contributed by atoms with Crippen molar-refractivity contribution in [3.63, 3.8) is 0 Å². The minimum Gasteiger partial charge on any atom is -0.414 e. The van der Waals surface area contributed by atoms with Crippen molar-refractivity contribution in [2.45, 2.75) is 130 Å². The summed E-state index contributed by atoms with van der Waals surface area (Å²) in [6, 6.07) is 0. The van der Waals surface area contributed by atoms with Gasteiger partial charge < -0.3 is 9.22 Å². The van der Waals surface area contributed by atoms with Crippen molar-refractivity contribution in [1.82, 2.24) is 0 Å². The van der Waals surface area contributed by atoms with Gasteiger partial charge in [0.05, 0.1) is 0 Å². The maximum absolute atomic E-state index is 11.0. The second-order valence-corrected chi connectivity index (χ2v) is 19.2. The maximum atomic E-state index is 11.0. The Hall–Kier alpha value is -0.413. The highest BCUT2D eigenvalue weighted by atomic mass is 28.4. The fraction of sp³-hybridized carbons (Fsp3) is 0.900. The average molecular weight is 473 g/mol. The number of aldehydes is 1. The van der Waals surface area contributed by atoms with Crippen LogP contribution in [0.2, 0.25) is 18.1 Å². The third-order valence-corrected chi connectivity index (χ3v) is 16.4. The van der Waals surface area contributed by atoms with Gasteiger partial charge >= 0.3 is 0 Å². The second kappa shape index (κ2) is 8.91. The Morgan fingerprint density at radius 3 is 2.52 bits per heavy atom. The molecule has 3 heteroatoms. The number of rotatable bonds is 6. The van der Waals surface area contributed by atoms with Crippen LogP contribution in [-0.2, 0) is 9.22 Å². The minimum absolute atomic E-state index is 0.287. The molecule has 3 saturated carbocycles. The first-order valence-corrected chi connectivity index (χ1v) is 17.1. The smallest absolute Gasteiger partial charge is 0.192 e. The first-order valence-electron chi connectivity index (χ1n) is 14.1. The third-order valence-electron chi connectivity index (χ3n) is 11.8. The van der Waals surface area contributed by atoms with Crippen LogP contribution in [0.15, 0.2) is 11.6 Å². The predicted octanol–water partition coefficient (Wildman–Crippen LogP) is 8.57. The molecule has 0 aromatic carbocycles. The molecule has 4 rings (SSSR count). The number of hydrogen-bond acceptors (Lipinski definition) is 2. The number of hydrogen-bond donors (Lipinski definition) is 0. The molecular formula is C30H52O2Si. The van der Waals surface area contributed by atoms with Crippen LogP contribution >= 0.6 is 0 Å². The van der Waals surface area contributed by atoms with E-state index in [9.17, 15) is 4.79 Å². The van der Waals surface area contributed by atoms with Crippen LogP contribution in [0.3, 0.4) is 0 Å². The van der Waals surface area contributed by atoms with Crippen molar-refractivity contribution in [1.29, 1.82) is 0 Å². The molecule has 0 aromatic heterocycles. The van der Waals surface area contributed by atoms with Crippen molar-refractivity contribution in [2.75, 3.05) is 0 Å². The highest BCUT2D eigenvalue weighted by Gasteiger charge is 2.59. The van der Waals surface area contributed by atoms with Gasteiger partial charge in [-0.05, 0) is 116 Å². The van der Waals surface area contributed by atoms with Crippen LogP contribution < -0.4 is 0 Å². The van der Waals surface area contributed by atoms with Crippen LogP contribution in [-0.4, -0.2) is 20.7 Å². The Balaban J connectivity index is 1.49. The molecule has 3 fully saturated rings. The van der Waals surface area contributed by atoms with Crippen LogP contribution in [0.4, 0.5) is 0 Å². The largest absolute Gasteiger partial charge is 0.414 e. The van der Waals surface area contributed by atoms with Crippen LogP contribution in [0, 0.1) is 40.4 Å². The number of carbonyl (C=O) groups is 1. The van der Waals surface area contributed by atoms with Crippen molar-refractivity contribution in [3.05, 3.63) is 11.6 Å². The zero-order valence-corrected chi connectivity index (χ0v) is 24.0. The van der Waals surface area contributed by atoms with Gasteiger partial charge in [0.15, 0.2) is 8.32 Å². The summed E-state index contributed by atoms with van der Waals surface area (Å²) in [6.45, 7) is 19.6. The molecule has 8 unspecified atom stereocenters. The summed E-state index contributed by atoms with van der Waals surface area (Å²) < 4.78 is 6.90. The number of allylic oxidation sites excluding steroid dienone is 1. The van der Waals surface area contributed by atoms with Gasteiger partial charge in [0.2, 0.25) is 0 Å². The molecule has 0 amide bonds. The quantitative estimate of drug-likeness (QED) is 0.220. The average Bonchev–Trinajstić information content (AvgIpc) is 3.08. The van der Waals surface area contributed by atoms with E-state index in [1.165, 1.54) is 51.4 Å². The molecular weight excluding hydrogens is 420 g/mol. The lowest BCUT2D eigenvalue weighted by Crippen LogP contribution is -2.52. The zero-order chi connectivity index (χ0) is 24.2. The van der Waals surface area contributed by atoms with Gasteiger partial charge in [-0.1, -0.05) is 53.2 Å². The number of carbonyl (C=O) groups excluding carboxylic acids is 1. The van der Waals surface area contributed by atoms with Gasteiger partial charge in [0, 0.05) is 12.5 Å². The summed E-state index contributed by atoms with van der Waals surface area (Å²) in [5.41, 5.74) is 2.64. The lowest BCUT2D eigenvalue weighted by Gasteiger charge is -2.59. The molecule has 0 bridgehead atoms. The van der Waals surface area contributed by atoms with E-state index in [1.54, 1.807) is 5.57 Å². The van der Waals surface area contributed by atoms with Gasteiger partial charge in [-0.3, -0.25) is 0 Å². The first-order chi connectivity index (χ1) is 15.3. The van der Waals surface area contributed by atoms with E-state index < -0.39 is 8.32 Å². The standard InChI is InChI=1S/C30H52O2Si/c1-21(10-9-19-31)25-13-14-26-24-12-11-22-20-23(32-33(7,8)28(2,3)4)15-17-29(22,5)27(24)16-18-30(25,26)6/h11,19,21,23-27H,9-10,12-18,20H2,1-8H3. The highest BCUT2D eigenvalue weighted by Crippen LogP contribution is 2.67. The summed E-state index contributed by atoms with van der Waals surface area (Å²) in [5.74, 6) is 4.13. The number of fused-ring (bicyclic) bond motifs is 5. The fourth-order valence-electron chi connectivity index (χ4n) is 8.83. The maximum Gasteiger partial charge on any atom is 0.192 e. The van der Waals surface area contributed by atoms with E-state index in [4.69, 9.17) is 4.43 Å². The first kappa shape index (κ1) is 25.7. The van der Waals surface area contributed by atoms with E-state index in [2.05, 4.69) is 60.7 Å². The van der Waals surface area contributed by atoms with Crippen LogP contribution in [0.5, 0.6) is 0 Å². The molecule has 0 aromatic rings. The molecule has 4 aliphatic carbocycles. The zero-order valence-electron chi connectivity index (χ0n) is 23.0. The summed E-state index contributed by atoms with van der Waals surface area (Å²) in [6.07, 6.45) is 16.8. The van der Waals surface area contributed by atoms with Crippen molar-refractivity contribution < 1.29 is 9.22 Å². The topological polar surface area (TPSA) is 26.3 Å². The molecule has 0 radical (unpaired) electrons. The Bertz CT molecular complexity index is 764. The monoisotopic (exact) mass is 472 g/mol. The SMILES string of the molecule is CC(CCC=O)C1CCC2C3CC=C4CC(O[Si](C)(C)C(C)(C)C)CCC4(C)C3CCC12C. The molecule has 0 spiro atoms. The van der Waals surface area contributed by atoms with Gasteiger partial charge in [0.25, 0.3) is 0 Å². The van der Waals surface area contributed by atoms with E-state index in [0.717, 1.165) is 42.8 Å². The van der Waals surface area contributed by atoms with E-state index in [-0.39, 0.29) is 5.04 Å². The highest BCUT2D eigenvalue weighted by molar-refractivity contribution is 6.74. The third kappa shape index (κ3) is 4.37. The van der Waals surface area contributed by atoms with Crippen molar-refractivity contribution >= 4 is 14.6 Å². The lowest BCUT2D eigenvalue weighted by molar-refractivity contribution is -0.108. The van der Waals surface area contributed by atoms with Crippen molar-refractivity contribution in [3.8, 4) is 0 Å². The van der Waals surface area contributed by atoms with Crippen LogP contribution in [0.1, 0.15) is 106 Å². The molecule has 0 aliphatic heterocycles. The predicted molar refractivity (Wildman–Crippen MR) is 142 cm³/mol. The molecule has 188 valence electrons. The molecule has 33 heavy (non-hydrogen) atoms. The fourth-order valence-corrected chi connectivity index (χ4v) is 10.2. The van der Waals surface area contributed by atoms with Crippen LogP contribution in [0.25, 0.3) is 0 Å². The van der Waals surface area contributed by atoms with E-state index in [1.807, 2.05) is 0 Å². The van der Waals surface area contributed by atoms with Gasteiger partial charge in [-0.25, -0.2) is 0 Å². The molecule has 2 nitrogen and oxygen atoms in total.